The van der Waals surface area contributed by atoms with E-state index in [1.807, 2.05) is 54.3 Å². The van der Waals surface area contributed by atoms with E-state index in [4.69, 9.17) is 4.74 Å². The van der Waals surface area contributed by atoms with Gasteiger partial charge < -0.3 is 14.5 Å². The van der Waals surface area contributed by atoms with Gasteiger partial charge in [0.25, 0.3) is 5.91 Å². The molecule has 1 aliphatic heterocycles. The number of ether oxygens (including phenoxy) is 1. The van der Waals surface area contributed by atoms with Crippen LogP contribution in [0.5, 0.6) is 5.75 Å². The number of anilines is 1. The molecule has 0 spiro atoms. The molecule has 2 aromatic rings. The van der Waals surface area contributed by atoms with Crippen LogP contribution in [0.25, 0.3) is 0 Å². The summed E-state index contributed by atoms with van der Waals surface area (Å²) in [5, 5.41) is 0. The summed E-state index contributed by atoms with van der Waals surface area (Å²) in [7, 11) is 0. The van der Waals surface area contributed by atoms with Crippen LogP contribution in [0.2, 0.25) is 0 Å². The number of nitrogens with zero attached hydrogens (tertiary/aromatic N) is 2. The van der Waals surface area contributed by atoms with Gasteiger partial charge in [0.15, 0.2) is 0 Å². The molecule has 0 aliphatic carbocycles. The van der Waals surface area contributed by atoms with Crippen LogP contribution >= 0.6 is 0 Å². The van der Waals surface area contributed by atoms with Gasteiger partial charge in [-0.3, -0.25) is 4.79 Å². The summed E-state index contributed by atoms with van der Waals surface area (Å²) < 4.78 is 5.47. The Hall–Kier alpha value is -2.49. The first kappa shape index (κ1) is 15.4. The van der Waals surface area contributed by atoms with E-state index >= 15 is 0 Å². The lowest BCUT2D eigenvalue weighted by molar-refractivity contribution is 0.0747. The van der Waals surface area contributed by atoms with Crippen molar-refractivity contribution in [2.45, 2.75) is 6.92 Å². The van der Waals surface area contributed by atoms with Gasteiger partial charge in [0.2, 0.25) is 0 Å². The largest absolute Gasteiger partial charge is 0.494 e. The second-order valence-electron chi connectivity index (χ2n) is 5.57. The van der Waals surface area contributed by atoms with Gasteiger partial charge in [0.1, 0.15) is 5.75 Å². The maximum Gasteiger partial charge on any atom is 0.253 e. The SMILES string of the molecule is CCOc1ccc(N2CCN(C(=O)c3ccccc3)CC2)cc1. The maximum atomic E-state index is 12.5. The van der Waals surface area contributed by atoms with Crippen molar-refractivity contribution in [1.82, 2.24) is 4.90 Å². The standard InChI is InChI=1S/C19H22N2O2/c1-2-23-18-10-8-17(9-11-18)20-12-14-21(15-13-20)19(22)16-6-4-3-5-7-16/h3-11H,2,12-15H2,1H3. The zero-order valence-electron chi connectivity index (χ0n) is 13.4. The molecule has 0 saturated carbocycles. The van der Waals surface area contributed by atoms with Crippen LogP contribution in [0.1, 0.15) is 17.3 Å². The lowest BCUT2D eigenvalue weighted by Gasteiger charge is -2.36. The van der Waals surface area contributed by atoms with Gasteiger partial charge in [0.05, 0.1) is 6.61 Å². The summed E-state index contributed by atoms with van der Waals surface area (Å²) in [5.41, 5.74) is 1.95. The Morgan fingerprint density at radius 1 is 0.957 bits per heavy atom. The summed E-state index contributed by atoms with van der Waals surface area (Å²) in [6.07, 6.45) is 0. The van der Waals surface area contributed by atoms with Gasteiger partial charge in [-0.1, -0.05) is 18.2 Å². The van der Waals surface area contributed by atoms with E-state index in [-0.39, 0.29) is 5.91 Å². The second-order valence-corrected chi connectivity index (χ2v) is 5.57. The number of benzene rings is 2. The predicted octanol–water partition coefficient (Wildman–Crippen LogP) is 3.05. The fourth-order valence-corrected chi connectivity index (χ4v) is 2.85. The van der Waals surface area contributed by atoms with E-state index in [9.17, 15) is 4.79 Å². The maximum absolute atomic E-state index is 12.5. The highest BCUT2D eigenvalue weighted by molar-refractivity contribution is 5.94. The van der Waals surface area contributed by atoms with Crippen molar-refractivity contribution in [2.24, 2.45) is 0 Å². The molecule has 0 bridgehead atoms. The molecular formula is C19H22N2O2. The minimum Gasteiger partial charge on any atom is -0.494 e. The highest BCUT2D eigenvalue weighted by atomic mass is 16.5. The number of hydrogen-bond donors (Lipinski definition) is 0. The van der Waals surface area contributed by atoms with E-state index < -0.39 is 0 Å². The fraction of sp³-hybridized carbons (Fsp3) is 0.316. The zero-order valence-corrected chi connectivity index (χ0v) is 13.4. The van der Waals surface area contributed by atoms with Crippen molar-refractivity contribution in [1.29, 1.82) is 0 Å². The Bertz CT molecular complexity index is 632. The molecule has 0 aromatic heterocycles. The van der Waals surface area contributed by atoms with Crippen LogP contribution in [0.15, 0.2) is 54.6 Å². The minimum atomic E-state index is 0.122. The Morgan fingerprint density at radius 3 is 2.22 bits per heavy atom. The van der Waals surface area contributed by atoms with Crippen molar-refractivity contribution < 1.29 is 9.53 Å². The van der Waals surface area contributed by atoms with Crippen molar-refractivity contribution in [2.75, 3.05) is 37.7 Å². The van der Waals surface area contributed by atoms with Crippen LogP contribution in [0, 0.1) is 0 Å². The van der Waals surface area contributed by atoms with E-state index in [0.29, 0.717) is 6.61 Å². The van der Waals surface area contributed by atoms with E-state index in [1.54, 1.807) is 0 Å². The third-order valence-corrected chi connectivity index (χ3v) is 4.10. The molecule has 2 aromatic carbocycles. The van der Waals surface area contributed by atoms with Crippen LogP contribution in [0.4, 0.5) is 5.69 Å². The molecule has 0 radical (unpaired) electrons. The highest BCUT2D eigenvalue weighted by Crippen LogP contribution is 2.21. The monoisotopic (exact) mass is 310 g/mol. The molecule has 0 unspecified atom stereocenters. The van der Waals surface area contributed by atoms with Crippen molar-refractivity contribution >= 4 is 11.6 Å². The normalized spacial score (nSPS) is 14.7. The van der Waals surface area contributed by atoms with Crippen molar-refractivity contribution in [3.8, 4) is 5.75 Å². The lowest BCUT2D eigenvalue weighted by Crippen LogP contribution is -2.48. The molecule has 0 atom stereocenters. The van der Waals surface area contributed by atoms with Gasteiger partial charge in [-0.25, -0.2) is 0 Å². The van der Waals surface area contributed by atoms with Gasteiger partial charge in [0, 0.05) is 37.4 Å². The van der Waals surface area contributed by atoms with Gasteiger partial charge in [-0.05, 0) is 43.3 Å². The van der Waals surface area contributed by atoms with Crippen LogP contribution in [0.3, 0.4) is 0 Å². The summed E-state index contributed by atoms with van der Waals surface area (Å²) in [4.78, 5) is 16.7. The van der Waals surface area contributed by atoms with Gasteiger partial charge in [-0.2, -0.15) is 0 Å². The first-order valence-electron chi connectivity index (χ1n) is 8.10. The smallest absolute Gasteiger partial charge is 0.253 e. The van der Waals surface area contributed by atoms with Gasteiger partial charge >= 0.3 is 0 Å². The molecule has 4 nitrogen and oxygen atoms in total. The Morgan fingerprint density at radius 2 is 1.61 bits per heavy atom. The van der Waals surface area contributed by atoms with E-state index in [1.165, 1.54) is 5.69 Å². The Kier molecular flexibility index (Phi) is 4.81. The Labute approximate surface area is 137 Å². The molecule has 23 heavy (non-hydrogen) atoms. The van der Waals surface area contributed by atoms with Crippen LogP contribution in [-0.4, -0.2) is 43.6 Å². The number of carbonyl (C=O) groups excluding carboxylic acids is 1. The lowest BCUT2D eigenvalue weighted by atomic mass is 10.1. The molecule has 3 rings (SSSR count). The van der Waals surface area contributed by atoms with Crippen molar-refractivity contribution in [3.05, 3.63) is 60.2 Å². The summed E-state index contributed by atoms with van der Waals surface area (Å²) >= 11 is 0. The molecule has 4 heteroatoms. The first-order chi connectivity index (χ1) is 11.3. The van der Waals surface area contributed by atoms with E-state index in [2.05, 4.69) is 17.0 Å². The average Bonchev–Trinajstić information content (AvgIpc) is 2.63. The zero-order chi connectivity index (χ0) is 16.1. The van der Waals surface area contributed by atoms with Gasteiger partial charge in [-0.15, -0.1) is 0 Å². The second kappa shape index (κ2) is 7.18. The molecule has 1 aliphatic rings. The molecule has 1 amide bonds. The summed E-state index contributed by atoms with van der Waals surface area (Å²) in [5.74, 6) is 1.02. The number of amides is 1. The quantitative estimate of drug-likeness (QED) is 0.870. The molecule has 120 valence electrons. The van der Waals surface area contributed by atoms with E-state index in [0.717, 1.165) is 37.5 Å². The third kappa shape index (κ3) is 3.65. The fourth-order valence-electron chi connectivity index (χ4n) is 2.85. The molecule has 1 heterocycles. The predicted molar refractivity (Wildman–Crippen MR) is 92.2 cm³/mol. The molecular weight excluding hydrogens is 288 g/mol. The molecule has 1 saturated heterocycles. The summed E-state index contributed by atoms with van der Waals surface area (Å²) in [6, 6.07) is 17.7. The van der Waals surface area contributed by atoms with Crippen LogP contribution in [-0.2, 0) is 0 Å². The number of hydrogen-bond acceptors (Lipinski definition) is 3. The molecule has 1 fully saturated rings. The summed E-state index contributed by atoms with van der Waals surface area (Å²) in [6.45, 7) is 5.87. The first-order valence-corrected chi connectivity index (χ1v) is 8.10. The Balaban J connectivity index is 1.59. The number of piperazine rings is 1. The number of carbonyl (C=O) groups is 1. The topological polar surface area (TPSA) is 32.8 Å². The number of rotatable bonds is 4. The van der Waals surface area contributed by atoms with Crippen LogP contribution < -0.4 is 9.64 Å². The average molecular weight is 310 g/mol. The molecule has 0 N–H and O–H groups in total. The minimum absolute atomic E-state index is 0.122. The third-order valence-electron chi connectivity index (χ3n) is 4.10. The highest BCUT2D eigenvalue weighted by Gasteiger charge is 2.22. The van der Waals surface area contributed by atoms with Crippen molar-refractivity contribution in [3.63, 3.8) is 0 Å².